The first kappa shape index (κ1) is 18.0. The van der Waals surface area contributed by atoms with Crippen LogP contribution >= 0.6 is 0 Å². The predicted octanol–water partition coefficient (Wildman–Crippen LogP) is 2.86. The summed E-state index contributed by atoms with van der Waals surface area (Å²) in [7, 11) is 0. The van der Waals surface area contributed by atoms with E-state index >= 15 is 0 Å². The molecule has 0 amide bonds. The Morgan fingerprint density at radius 3 is 2.74 bits per heavy atom. The normalized spacial score (nSPS) is 20.0. The third-order valence-corrected chi connectivity index (χ3v) is 5.65. The van der Waals surface area contributed by atoms with Gasteiger partial charge in [0, 0.05) is 42.4 Å². The lowest BCUT2D eigenvalue weighted by molar-refractivity contribution is 0.0695. The average Bonchev–Trinajstić information content (AvgIpc) is 3.36. The number of aromatic nitrogens is 1. The quantitative estimate of drug-likeness (QED) is 0.819. The standard InChI is InChI=1S/C21H27N3O3/c1-13(2)22-10-14-7-8-23(11-14)16-5-6-17-19(9-16)24(15-3-4-15)12-18(20(17)25)21(26)27/h5-6,9,12-15,22H,3-4,7-8,10-11H2,1-2H3,(H,26,27). The van der Waals surface area contributed by atoms with E-state index in [1.165, 1.54) is 6.20 Å². The molecule has 6 heteroatoms. The van der Waals surface area contributed by atoms with Crippen LogP contribution in [0.1, 0.15) is 49.5 Å². The molecule has 1 atom stereocenters. The van der Waals surface area contributed by atoms with Crippen LogP contribution in [0, 0.1) is 5.92 Å². The van der Waals surface area contributed by atoms with Gasteiger partial charge in [0.2, 0.25) is 5.43 Å². The third kappa shape index (κ3) is 3.58. The van der Waals surface area contributed by atoms with Crippen LogP contribution in [0.25, 0.3) is 10.9 Å². The monoisotopic (exact) mass is 369 g/mol. The molecular formula is C21H27N3O3. The Balaban J connectivity index is 1.66. The van der Waals surface area contributed by atoms with Crippen molar-refractivity contribution in [2.45, 2.75) is 45.2 Å². The molecule has 2 heterocycles. The first-order chi connectivity index (χ1) is 12.9. The number of rotatable bonds is 6. The summed E-state index contributed by atoms with van der Waals surface area (Å²) in [6, 6.07) is 6.64. The summed E-state index contributed by atoms with van der Waals surface area (Å²) in [4.78, 5) is 26.4. The molecule has 4 rings (SSSR count). The highest BCUT2D eigenvalue weighted by molar-refractivity contribution is 5.93. The number of anilines is 1. The zero-order valence-corrected chi connectivity index (χ0v) is 15.9. The average molecular weight is 369 g/mol. The molecule has 1 saturated heterocycles. The molecule has 1 aromatic carbocycles. The van der Waals surface area contributed by atoms with E-state index in [1.54, 1.807) is 6.07 Å². The number of aromatic carboxylic acids is 1. The topological polar surface area (TPSA) is 74.6 Å². The molecule has 2 fully saturated rings. The van der Waals surface area contributed by atoms with Crippen LogP contribution in [0.15, 0.2) is 29.2 Å². The molecule has 144 valence electrons. The van der Waals surface area contributed by atoms with Gasteiger partial charge in [-0.15, -0.1) is 0 Å². The highest BCUT2D eigenvalue weighted by Gasteiger charge is 2.28. The van der Waals surface area contributed by atoms with Crippen LogP contribution in [0.5, 0.6) is 0 Å². The lowest BCUT2D eigenvalue weighted by Crippen LogP contribution is -2.30. The number of fused-ring (bicyclic) bond motifs is 1. The number of hydrogen-bond acceptors (Lipinski definition) is 4. The van der Waals surface area contributed by atoms with Gasteiger partial charge in [-0.05, 0) is 49.9 Å². The van der Waals surface area contributed by atoms with Crippen LogP contribution in [-0.4, -0.2) is 41.3 Å². The molecule has 1 aliphatic carbocycles. The first-order valence-corrected chi connectivity index (χ1v) is 9.84. The van der Waals surface area contributed by atoms with Gasteiger partial charge in [-0.25, -0.2) is 4.79 Å². The lowest BCUT2D eigenvalue weighted by Gasteiger charge is -2.21. The van der Waals surface area contributed by atoms with Gasteiger partial charge in [0.05, 0.1) is 5.52 Å². The van der Waals surface area contributed by atoms with Crippen molar-refractivity contribution in [1.82, 2.24) is 9.88 Å². The Morgan fingerprint density at radius 1 is 1.30 bits per heavy atom. The maximum atomic E-state index is 12.6. The fourth-order valence-corrected chi connectivity index (χ4v) is 3.98. The third-order valence-electron chi connectivity index (χ3n) is 5.65. The van der Waals surface area contributed by atoms with Crippen molar-refractivity contribution in [3.8, 4) is 0 Å². The van der Waals surface area contributed by atoms with Crippen molar-refractivity contribution in [3.05, 3.63) is 40.2 Å². The Kier molecular flexibility index (Phi) is 4.68. The summed E-state index contributed by atoms with van der Waals surface area (Å²) < 4.78 is 2.00. The van der Waals surface area contributed by atoms with E-state index in [1.807, 2.05) is 10.6 Å². The van der Waals surface area contributed by atoms with Crippen molar-refractivity contribution in [2.75, 3.05) is 24.5 Å². The molecule has 6 nitrogen and oxygen atoms in total. The van der Waals surface area contributed by atoms with Crippen LogP contribution in [0.4, 0.5) is 5.69 Å². The minimum Gasteiger partial charge on any atom is -0.477 e. The summed E-state index contributed by atoms with van der Waals surface area (Å²) in [6.45, 7) is 7.37. The molecule has 1 aliphatic heterocycles. The van der Waals surface area contributed by atoms with Crippen LogP contribution < -0.4 is 15.6 Å². The predicted molar refractivity (Wildman–Crippen MR) is 107 cm³/mol. The number of nitrogens with one attached hydrogen (secondary N) is 1. The Morgan fingerprint density at radius 2 is 2.07 bits per heavy atom. The second-order valence-electron chi connectivity index (χ2n) is 8.18. The van der Waals surface area contributed by atoms with Gasteiger partial charge in [0.25, 0.3) is 0 Å². The van der Waals surface area contributed by atoms with Crippen molar-refractivity contribution in [3.63, 3.8) is 0 Å². The van der Waals surface area contributed by atoms with Gasteiger partial charge >= 0.3 is 5.97 Å². The summed E-state index contributed by atoms with van der Waals surface area (Å²) in [5, 5.41) is 13.4. The highest BCUT2D eigenvalue weighted by atomic mass is 16.4. The number of carboxylic acid groups (broad SMARTS) is 1. The van der Waals surface area contributed by atoms with Crippen LogP contribution in [-0.2, 0) is 0 Å². The molecule has 2 aliphatic rings. The van der Waals surface area contributed by atoms with Crippen molar-refractivity contribution >= 4 is 22.6 Å². The summed E-state index contributed by atoms with van der Waals surface area (Å²) >= 11 is 0. The Bertz CT molecular complexity index is 930. The summed E-state index contributed by atoms with van der Waals surface area (Å²) in [5.41, 5.74) is 1.45. The minimum absolute atomic E-state index is 0.136. The fourth-order valence-electron chi connectivity index (χ4n) is 3.98. The molecule has 2 aromatic rings. The molecule has 0 bridgehead atoms. The van der Waals surface area contributed by atoms with Gasteiger partial charge in [-0.3, -0.25) is 4.79 Å². The molecule has 1 aromatic heterocycles. The number of carboxylic acids is 1. The molecule has 27 heavy (non-hydrogen) atoms. The number of carbonyl (C=O) groups is 1. The minimum atomic E-state index is -1.15. The molecule has 2 N–H and O–H groups in total. The summed E-state index contributed by atoms with van der Waals surface area (Å²) in [6.07, 6.45) is 4.76. The molecule has 0 radical (unpaired) electrons. The SMILES string of the molecule is CC(C)NCC1CCN(c2ccc3c(=O)c(C(=O)O)cn(C4CC4)c3c2)C1. The largest absolute Gasteiger partial charge is 0.477 e. The summed E-state index contributed by atoms with van der Waals surface area (Å²) in [5.74, 6) is -0.525. The molecule has 1 saturated carbocycles. The van der Waals surface area contributed by atoms with Gasteiger partial charge < -0.3 is 19.9 Å². The zero-order chi connectivity index (χ0) is 19.1. The van der Waals surface area contributed by atoms with E-state index < -0.39 is 5.97 Å². The van der Waals surface area contributed by atoms with Crippen molar-refractivity contribution in [2.24, 2.45) is 5.92 Å². The van der Waals surface area contributed by atoms with Crippen LogP contribution in [0.3, 0.4) is 0 Å². The van der Waals surface area contributed by atoms with E-state index in [9.17, 15) is 14.7 Å². The second kappa shape index (κ2) is 7.00. The Hall–Kier alpha value is -2.34. The first-order valence-electron chi connectivity index (χ1n) is 9.84. The second-order valence-corrected chi connectivity index (χ2v) is 8.18. The maximum Gasteiger partial charge on any atom is 0.341 e. The molecule has 0 spiro atoms. The number of pyridine rings is 1. The number of hydrogen-bond donors (Lipinski definition) is 2. The Labute approximate surface area is 158 Å². The van der Waals surface area contributed by atoms with E-state index in [4.69, 9.17) is 0 Å². The van der Waals surface area contributed by atoms with Gasteiger partial charge in [0.1, 0.15) is 5.56 Å². The van der Waals surface area contributed by atoms with E-state index in [0.29, 0.717) is 23.4 Å². The molecular weight excluding hydrogens is 342 g/mol. The van der Waals surface area contributed by atoms with Crippen LogP contribution in [0.2, 0.25) is 0 Å². The smallest absolute Gasteiger partial charge is 0.341 e. The zero-order valence-electron chi connectivity index (χ0n) is 15.9. The van der Waals surface area contributed by atoms with Crippen molar-refractivity contribution < 1.29 is 9.90 Å². The van der Waals surface area contributed by atoms with Crippen molar-refractivity contribution in [1.29, 1.82) is 0 Å². The number of benzene rings is 1. The maximum absolute atomic E-state index is 12.6. The number of nitrogens with zero attached hydrogens (tertiary/aromatic N) is 2. The highest BCUT2D eigenvalue weighted by Crippen LogP contribution is 2.38. The van der Waals surface area contributed by atoms with E-state index in [2.05, 4.69) is 30.1 Å². The van der Waals surface area contributed by atoms with Gasteiger partial charge in [-0.2, -0.15) is 0 Å². The lowest BCUT2D eigenvalue weighted by atomic mass is 10.1. The van der Waals surface area contributed by atoms with Gasteiger partial charge in [0.15, 0.2) is 0 Å². The van der Waals surface area contributed by atoms with E-state index in [0.717, 1.165) is 50.1 Å². The van der Waals surface area contributed by atoms with Gasteiger partial charge in [-0.1, -0.05) is 13.8 Å². The fraction of sp³-hybridized carbons (Fsp3) is 0.524. The van der Waals surface area contributed by atoms with E-state index in [-0.39, 0.29) is 11.0 Å². The molecule has 1 unspecified atom stereocenters.